The average molecular weight is 302 g/mol. The van der Waals surface area contributed by atoms with Crippen LogP contribution in [-0.2, 0) is 16.0 Å². The molecule has 0 aromatic heterocycles. The summed E-state index contributed by atoms with van der Waals surface area (Å²) < 4.78 is 0. The lowest BCUT2D eigenvalue weighted by atomic mass is 10.1. The van der Waals surface area contributed by atoms with E-state index in [0.29, 0.717) is 24.3 Å². The maximum absolute atomic E-state index is 11.5. The van der Waals surface area contributed by atoms with Crippen LogP contribution in [0.15, 0.2) is 47.7 Å². The molecular weight excluding hydrogens is 280 g/mol. The highest BCUT2D eigenvalue weighted by Gasteiger charge is 2.14. The Labute approximate surface area is 130 Å². The van der Waals surface area contributed by atoms with E-state index in [1.807, 2.05) is 37.3 Å². The van der Waals surface area contributed by atoms with Crippen LogP contribution in [0.1, 0.15) is 32.3 Å². The molecule has 0 amide bonds. The molecule has 0 saturated heterocycles. The lowest BCUT2D eigenvalue weighted by Gasteiger charge is -2.20. The van der Waals surface area contributed by atoms with Crippen molar-refractivity contribution in [3.63, 3.8) is 0 Å². The van der Waals surface area contributed by atoms with Crippen LogP contribution < -0.4 is 0 Å². The molecule has 1 aromatic carbocycles. The van der Waals surface area contributed by atoms with Gasteiger partial charge in [0.05, 0.1) is 0 Å². The molecule has 5 nitrogen and oxygen atoms in total. The Hall–Kier alpha value is -2.43. The number of carbonyl (C=O) groups is 2. The topological polar surface area (TPSA) is 70.0 Å². The lowest BCUT2D eigenvalue weighted by molar-refractivity contribution is -0.137. The van der Waals surface area contributed by atoms with Crippen molar-refractivity contribution in [1.82, 2.24) is 5.01 Å². The van der Waals surface area contributed by atoms with Gasteiger partial charge in [-0.1, -0.05) is 43.8 Å². The Morgan fingerprint density at radius 1 is 1.27 bits per heavy atom. The lowest BCUT2D eigenvalue weighted by Crippen LogP contribution is -2.27. The zero-order valence-electron chi connectivity index (χ0n) is 13.1. The summed E-state index contributed by atoms with van der Waals surface area (Å²) in [5.74, 6) is -1.17. The maximum atomic E-state index is 11.5. The summed E-state index contributed by atoms with van der Waals surface area (Å²) in [6, 6.07) is 9.86. The Bertz CT molecular complexity index is 565. The molecule has 1 N–H and O–H groups in total. The van der Waals surface area contributed by atoms with Crippen LogP contribution in [0.25, 0.3) is 0 Å². The molecule has 0 unspecified atom stereocenters. The number of carboxylic acids is 1. The van der Waals surface area contributed by atoms with E-state index in [-0.39, 0.29) is 12.3 Å². The molecule has 0 atom stereocenters. The van der Waals surface area contributed by atoms with Crippen LogP contribution in [0.4, 0.5) is 0 Å². The molecule has 0 aliphatic heterocycles. The number of allylic oxidation sites excluding steroid dienone is 1. The average Bonchev–Trinajstić information content (AvgIpc) is 2.49. The van der Waals surface area contributed by atoms with E-state index in [4.69, 9.17) is 5.11 Å². The minimum atomic E-state index is -1.01. The van der Waals surface area contributed by atoms with Gasteiger partial charge in [-0.3, -0.25) is 14.6 Å². The van der Waals surface area contributed by atoms with Gasteiger partial charge in [-0.05, 0) is 24.8 Å². The molecule has 118 valence electrons. The smallest absolute Gasteiger partial charge is 0.325 e. The number of benzene rings is 1. The van der Waals surface area contributed by atoms with Crippen LogP contribution >= 0.6 is 0 Å². The Balaban J connectivity index is 2.80. The zero-order valence-corrected chi connectivity index (χ0v) is 13.1. The molecule has 0 aliphatic rings. The van der Waals surface area contributed by atoms with Gasteiger partial charge in [-0.15, -0.1) is 0 Å². The van der Waals surface area contributed by atoms with Gasteiger partial charge in [0.15, 0.2) is 5.78 Å². The number of hydrazone groups is 1. The summed E-state index contributed by atoms with van der Waals surface area (Å²) in [5.41, 5.74) is 2.07. The van der Waals surface area contributed by atoms with E-state index in [9.17, 15) is 9.59 Å². The van der Waals surface area contributed by atoms with Crippen LogP contribution in [0.5, 0.6) is 0 Å². The number of nitrogens with zero attached hydrogens (tertiary/aromatic N) is 2. The minimum Gasteiger partial charge on any atom is -0.480 e. The van der Waals surface area contributed by atoms with Crippen LogP contribution in [0.3, 0.4) is 0 Å². The van der Waals surface area contributed by atoms with Crippen LogP contribution in [-0.4, -0.2) is 34.1 Å². The van der Waals surface area contributed by atoms with Crippen molar-refractivity contribution in [2.75, 3.05) is 6.54 Å². The quantitative estimate of drug-likeness (QED) is 0.562. The molecule has 0 bridgehead atoms. The predicted molar refractivity (Wildman–Crippen MR) is 86.7 cm³/mol. The van der Waals surface area contributed by atoms with Gasteiger partial charge in [-0.2, -0.15) is 5.10 Å². The number of hydrogen-bond donors (Lipinski definition) is 1. The standard InChI is InChI=1S/C17H22N2O3/c1-4-16(14(3)20)18-19(12-17(21)22)13(2)10-11-15-8-6-5-7-9-15/h5-9H,2,4,10-12H2,1,3H3,(H,21,22)/b18-16-. The first kappa shape index (κ1) is 17.6. The summed E-state index contributed by atoms with van der Waals surface area (Å²) in [6.45, 7) is 6.85. The van der Waals surface area contributed by atoms with Crippen molar-refractivity contribution >= 4 is 17.5 Å². The molecule has 1 aromatic rings. The van der Waals surface area contributed by atoms with Crippen molar-refractivity contribution in [1.29, 1.82) is 0 Å². The second kappa shape index (κ2) is 8.77. The number of ketones is 1. The third kappa shape index (κ3) is 5.91. The summed E-state index contributed by atoms with van der Waals surface area (Å²) >= 11 is 0. The first-order valence-electron chi connectivity index (χ1n) is 7.23. The number of carboxylic acid groups (broad SMARTS) is 1. The van der Waals surface area contributed by atoms with E-state index in [2.05, 4.69) is 11.7 Å². The van der Waals surface area contributed by atoms with E-state index >= 15 is 0 Å². The Morgan fingerprint density at radius 3 is 2.41 bits per heavy atom. The molecule has 0 heterocycles. The van der Waals surface area contributed by atoms with Crippen molar-refractivity contribution in [2.45, 2.75) is 33.1 Å². The fourth-order valence-electron chi connectivity index (χ4n) is 1.94. The van der Waals surface area contributed by atoms with Gasteiger partial charge in [0.25, 0.3) is 0 Å². The molecule has 0 fully saturated rings. The van der Waals surface area contributed by atoms with Gasteiger partial charge < -0.3 is 5.11 Å². The van der Waals surface area contributed by atoms with Crippen molar-refractivity contribution in [2.24, 2.45) is 5.10 Å². The molecule has 0 spiro atoms. The molecule has 1 rings (SSSR count). The van der Waals surface area contributed by atoms with E-state index in [0.717, 1.165) is 12.0 Å². The third-order valence-electron chi connectivity index (χ3n) is 3.18. The first-order chi connectivity index (χ1) is 10.4. The second-order valence-corrected chi connectivity index (χ2v) is 4.96. The summed E-state index contributed by atoms with van der Waals surface area (Å²) in [7, 11) is 0. The third-order valence-corrected chi connectivity index (χ3v) is 3.18. The molecule has 0 saturated carbocycles. The van der Waals surface area contributed by atoms with E-state index in [1.165, 1.54) is 11.9 Å². The van der Waals surface area contributed by atoms with Crippen molar-refractivity contribution < 1.29 is 14.7 Å². The highest BCUT2D eigenvalue weighted by molar-refractivity contribution is 6.38. The molecular formula is C17H22N2O3. The van der Waals surface area contributed by atoms with Gasteiger partial charge in [0, 0.05) is 12.6 Å². The van der Waals surface area contributed by atoms with Crippen molar-refractivity contribution in [3.8, 4) is 0 Å². The van der Waals surface area contributed by atoms with Crippen LogP contribution in [0.2, 0.25) is 0 Å². The van der Waals surface area contributed by atoms with Gasteiger partial charge in [0.2, 0.25) is 0 Å². The number of rotatable bonds is 9. The van der Waals surface area contributed by atoms with Crippen LogP contribution in [0, 0.1) is 0 Å². The Kier molecular flexibility index (Phi) is 7.02. The monoisotopic (exact) mass is 302 g/mol. The molecule has 22 heavy (non-hydrogen) atoms. The zero-order chi connectivity index (χ0) is 16.5. The fraction of sp³-hybridized carbons (Fsp3) is 0.353. The van der Waals surface area contributed by atoms with Gasteiger partial charge in [-0.25, -0.2) is 0 Å². The highest BCUT2D eigenvalue weighted by Crippen LogP contribution is 2.13. The fourth-order valence-corrected chi connectivity index (χ4v) is 1.94. The Morgan fingerprint density at radius 2 is 1.91 bits per heavy atom. The number of aliphatic carboxylic acids is 1. The van der Waals surface area contributed by atoms with Crippen molar-refractivity contribution in [3.05, 3.63) is 48.2 Å². The minimum absolute atomic E-state index is 0.159. The molecule has 0 aliphatic carbocycles. The normalized spacial score (nSPS) is 11.1. The number of Topliss-reactive ketones (excluding diaryl/α,β-unsaturated/α-hetero) is 1. The summed E-state index contributed by atoms with van der Waals surface area (Å²) in [5, 5.41) is 14.5. The largest absolute Gasteiger partial charge is 0.480 e. The van der Waals surface area contributed by atoms with E-state index in [1.54, 1.807) is 0 Å². The van der Waals surface area contributed by atoms with Gasteiger partial charge >= 0.3 is 5.97 Å². The summed E-state index contributed by atoms with van der Waals surface area (Å²) in [4.78, 5) is 22.5. The predicted octanol–water partition coefficient (Wildman–Crippen LogP) is 2.87. The first-order valence-corrected chi connectivity index (χ1v) is 7.23. The highest BCUT2D eigenvalue weighted by atomic mass is 16.4. The SMILES string of the molecule is C=C(CCc1ccccc1)N(CC(=O)O)/N=C(/CC)C(C)=O. The number of aryl methyl sites for hydroxylation is 1. The number of hydrogen-bond acceptors (Lipinski definition) is 4. The molecule has 5 heteroatoms. The molecule has 0 radical (unpaired) electrons. The van der Waals surface area contributed by atoms with E-state index < -0.39 is 5.97 Å². The van der Waals surface area contributed by atoms with Gasteiger partial charge in [0.1, 0.15) is 12.3 Å². The second-order valence-electron chi connectivity index (χ2n) is 4.96. The number of carbonyl (C=O) groups excluding carboxylic acids is 1. The summed E-state index contributed by atoms with van der Waals surface area (Å²) in [6.07, 6.45) is 1.78. The maximum Gasteiger partial charge on any atom is 0.325 e.